The third-order valence-electron chi connectivity index (χ3n) is 2.22. The van der Waals surface area contributed by atoms with Gasteiger partial charge in [0.05, 0.1) is 10.8 Å². The van der Waals surface area contributed by atoms with Crippen LogP contribution in [0.1, 0.15) is 5.56 Å². The first kappa shape index (κ1) is 8.55. The lowest BCUT2D eigenvalue weighted by Crippen LogP contribution is -2.20. The van der Waals surface area contributed by atoms with Gasteiger partial charge in [0.1, 0.15) is 0 Å². The molecule has 1 heterocycles. The molecule has 72 valence electrons. The van der Waals surface area contributed by atoms with Crippen molar-refractivity contribution in [2.75, 3.05) is 5.73 Å². The minimum absolute atomic E-state index is 0.258. The van der Waals surface area contributed by atoms with Crippen molar-refractivity contribution in [3.8, 4) is 0 Å². The van der Waals surface area contributed by atoms with Crippen LogP contribution in [0.25, 0.3) is 10.8 Å². The van der Waals surface area contributed by atoms with Crippen molar-refractivity contribution in [3.63, 3.8) is 0 Å². The minimum atomic E-state index is -0.374. The second-order valence-electron chi connectivity index (χ2n) is 3.13. The van der Waals surface area contributed by atoms with Gasteiger partial charge in [0.15, 0.2) is 0 Å². The van der Waals surface area contributed by atoms with Crippen LogP contribution in [0.4, 0.5) is 5.69 Å². The third kappa shape index (κ3) is 1.02. The summed E-state index contributed by atoms with van der Waals surface area (Å²) in [6.07, 6.45) is 0. The maximum absolute atomic E-state index is 11.4. The molecule has 1 aromatic carbocycles. The number of fused-ring (bicyclic) bond motifs is 1. The van der Waals surface area contributed by atoms with Crippen molar-refractivity contribution in [3.05, 3.63) is 38.4 Å². The second-order valence-corrected chi connectivity index (χ2v) is 3.13. The number of nitrogens with two attached hydrogens (primary N) is 1. The average Bonchev–Trinajstić information content (AvgIpc) is 2.16. The summed E-state index contributed by atoms with van der Waals surface area (Å²) in [5.74, 6) is 0. The van der Waals surface area contributed by atoms with E-state index in [0.29, 0.717) is 11.1 Å². The molecule has 0 aliphatic carbocycles. The van der Waals surface area contributed by atoms with Gasteiger partial charge in [-0.3, -0.25) is 19.8 Å². The summed E-state index contributed by atoms with van der Waals surface area (Å²) in [6.45, 7) is 1.79. The van der Waals surface area contributed by atoms with E-state index < -0.39 is 0 Å². The first-order valence-corrected chi connectivity index (χ1v) is 4.11. The number of nitrogen functional groups attached to an aromatic ring is 1. The molecule has 0 aliphatic rings. The van der Waals surface area contributed by atoms with Crippen molar-refractivity contribution < 1.29 is 0 Å². The van der Waals surface area contributed by atoms with Crippen LogP contribution in [-0.2, 0) is 0 Å². The molecule has 0 atom stereocenters. The second kappa shape index (κ2) is 2.73. The first-order valence-electron chi connectivity index (χ1n) is 4.11. The lowest BCUT2D eigenvalue weighted by Gasteiger charge is -2.02. The van der Waals surface area contributed by atoms with E-state index in [1.54, 1.807) is 19.1 Å². The Balaban J connectivity index is 3.17. The number of hydrogen-bond donors (Lipinski definition) is 3. The molecule has 0 fully saturated rings. The molecule has 14 heavy (non-hydrogen) atoms. The molecule has 1 aromatic heterocycles. The van der Waals surface area contributed by atoms with Crippen molar-refractivity contribution in [1.29, 1.82) is 0 Å². The fraction of sp³-hybridized carbons (Fsp3) is 0.111. The van der Waals surface area contributed by atoms with Gasteiger partial charge in [-0.2, -0.15) is 0 Å². The molecule has 0 bridgehead atoms. The number of benzene rings is 1. The Morgan fingerprint density at radius 1 is 1.14 bits per heavy atom. The highest BCUT2D eigenvalue weighted by molar-refractivity contribution is 5.92. The lowest BCUT2D eigenvalue weighted by molar-refractivity contribution is 0.976. The van der Waals surface area contributed by atoms with Crippen molar-refractivity contribution in [2.24, 2.45) is 0 Å². The predicted molar refractivity (Wildman–Crippen MR) is 54.3 cm³/mol. The van der Waals surface area contributed by atoms with Crippen LogP contribution in [0.5, 0.6) is 0 Å². The van der Waals surface area contributed by atoms with Gasteiger partial charge in [-0.15, -0.1) is 0 Å². The number of aromatic amines is 2. The Labute approximate surface area is 78.5 Å². The van der Waals surface area contributed by atoms with Gasteiger partial charge in [-0.25, -0.2) is 0 Å². The van der Waals surface area contributed by atoms with Crippen LogP contribution < -0.4 is 16.9 Å². The van der Waals surface area contributed by atoms with Crippen molar-refractivity contribution in [2.45, 2.75) is 6.92 Å². The summed E-state index contributed by atoms with van der Waals surface area (Å²) < 4.78 is 0. The normalized spacial score (nSPS) is 10.6. The van der Waals surface area contributed by atoms with Gasteiger partial charge in [0, 0.05) is 5.69 Å². The number of H-pyrrole nitrogens is 2. The summed E-state index contributed by atoms with van der Waals surface area (Å²) in [5, 5.41) is 5.05. The van der Waals surface area contributed by atoms with Gasteiger partial charge in [-0.1, -0.05) is 6.07 Å². The Bertz CT molecular complexity index is 609. The predicted octanol–water partition coefficient (Wildman–Crippen LogP) is 0.107. The maximum Gasteiger partial charge on any atom is 0.272 e. The van der Waals surface area contributed by atoms with Gasteiger partial charge < -0.3 is 5.73 Å². The van der Waals surface area contributed by atoms with E-state index in [-0.39, 0.29) is 16.5 Å². The van der Waals surface area contributed by atoms with E-state index in [1.807, 2.05) is 0 Å². The van der Waals surface area contributed by atoms with Crippen LogP contribution >= 0.6 is 0 Å². The average molecular weight is 191 g/mol. The fourth-order valence-electron chi connectivity index (χ4n) is 1.40. The molecule has 0 radical (unpaired) electrons. The highest BCUT2D eigenvalue weighted by Crippen LogP contribution is 2.17. The number of rotatable bonds is 0. The number of aryl methyl sites for hydroxylation is 1. The molecule has 0 saturated heterocycles. The van der Waals surface area contributed by atoms with Crippen LogP contribution in [0.15, 0.2) is 21.7 Å². The topological polar surface area (TPSA) is 91.7 Å². The smallest absolute Gasteiger partial charge is 0.272 e. The quantitative estimate of drug-likeness (QED) is 0.516. The molecule has 5 heteroatoms. The number of hydrogen-bond acceptors (Lipinski definition) is 3. The van der Waals surface area contributed by atoms with E-state index in [4.69, 9.17) is 5.73 Å². The zero-order valence-corrected chi connectivity index (χ0v) is 7.55. The van der Waals surface area contributed by atoms with Gasteiger partial charge in [-0.05, 0) is 18.6 Å². The molecule has 0 spiro atoms. The van der Waals surface area contributed by atoms with E-state index in [0.717, 1.165) is 5.56 Å². The van der Waals surface area contributed by atoms with Gasteiger partial charge in [0.2, 0.25) is 0 Å². The highest BCUT2D eigenvalue weighted by Gasteiger charge is 2.07. The SMILES string of the molecule is Cc1ccc2c(=O)[nH][nH]c(=O)c2c1N. The number of anilines is 1. The van der Waals surface area contributed by atoms with Crippen molar-refractivity contribution in [1.82, 2.24) is 10.2 Å². The number of aromatic nitrogens is 2. The summed E-state index contributed by atoms with van der Waals surface area (Å²) in [7, 11) is 0. The van der Waals surface area contributed by atoms with Gasteiger partial charge in [0.25, 0.3) is 11.1 Å². The lowest BCUT2D eigenvalue weighted by atomic mass is 10.1. The highest BCUT2D eigenvalue weighted by atomic mass is 16.1. The molecule has 0 aliphatic heterocycles. The standard InChI is InChI=1S/C9H9N3O2/c1-4-2-3-5-6(7(4)10)9(14)12-11-8(5)13/h2-3H,10H2,1H3,(H,11,13)(H,12,14). The van der Waals surface area contributed by atoms with E-state index in [2.05, 4.69) is 10.2 Å². The molecule has 0 amide bonds. The van der Waals surface area contributed by atoms with Crippen LogP contribution in [0, 0.1) is 6.92 Å². The fourth-order valence-corrected chi connectivity index (χ4v) is 1.40. The van der Waals surface area contributed by atoms with E-state index in [1.165, 1.54) is 0 Å². The molecule has 5 nitrogen and oxygen atoms in total. The van der Waals surface area contributed by atoms with E-state index >= 15 is 0 Å². The summed E-state index contributed by atoms with van der Waals surface area (Å²) in [5.41, 5.74) is 6.14. The Morgan fingerprint density at radius 2 is 1.79 bits per heavy atom. The Morgan fingerprint density at radius 3 is 2.50 bits per heavy atom. The molecule has 2 aromatic rings. The Kier molecular flexibility index (Phi) is 1.67. The summed E-state index contributed by atoms with van der Waals surface area (Å²) in [6, 6.07) is 3.31. The molecular weight excluding hydrogens is 182 g/mol. The van der Waals surface area contributed by atoms with Crippen LogP contribution in [0.3, 0.4) is 0 Å². The molecule has 0 saturated carbocycles. The zero-order chi connectivity index (χ0) is 10.3. The maximum atomic E-state index is 11.4. The van der Waals surface area contributed by atoms with Crippen LogP contribution in [0.2, 0.25) is 0 Å². The largest absolute Gasteiger partial charge is 0.398 e. The molecule has 0 unspecified atom stereocenters. The minimum Gasteiger partial charge on any atom is -0.398 e. The van der Waals surface area contributed by atoms with Gasteiger partial charge >= 0.3 is 0 Å². The first-order chi connectivity index (χ1) is 6.61. The third-order valence-corrected chi connectivity index (χ3v) is 2.22. The number of nitrogens with one attached hydrogen (secondary N) is 2. The molecule has 4 N–H and O–H groups in total. The van der Waals surface area contributed by atoms with Crippen LogP contribution in [-0.4, -0.2) is 10.2 Å². The summed E-state index contributed by atoms with van der Waals surface area (Å²) >= 11 is 0. The van der Waals surface area contributed by atoms with E-state index in [9.17, 15) is 9.59 Å². The molecular formula is C9H9N3O2. The van der Waals surface area contributed by atoms with Crippen molar-refractivity contribution >= 4 is 16.5 Å². The summed E-state index contributed by atoms with van der Waals surface area (Å²) in [4.78, 5) is 22.7. The molecule has 2 rings (SSSR count). The zero-order valence-electron chi connectivity index (χ0n) is 7.55. The monoisotopic (exact) mass is 191 g/mol. The Hall–Kier alpha value is -2.04.